The first-order chi connectivity index (χ1) is 9.85. The number of nitrogens with zero attached hydrogens (tertiary/aromatic N) is 3. The summed E-state index contributed by atoms with van der Waals surface area (Å²) in [5.41, 5.74) is 1.29. The molecule has 4 heteroatoms. The summed E-state index contributed by atoms with van der Waals surface area (Å²) in [6, 6.07) is 10.5. The molecule has 1 unspecified atom stereocenters. The minimum Gasteiger partial charge on any atom is -0.396 e. The molecule has 1 fully saturated rings. The normalized spacial score (nSPS) is 19.6. The van der Waals surface area contributed by atoms with Gasteiger partial charge in [-0.3, -0.25) is 4.90 Å². The molecule has 2 heterocycles. The molecular formula is C16H21N3O. The lowest BCUT2D eigenvalue weighted by Crippen LogP contribution is -2.23. The van der Waals surface area contributed by atoms with Crippen LogP contribution in [0.15, 0.2) is 42.7 Å². The Bertz CT molecular complexity index is 538. The fraction of sp³-hybridized carbons (Fsp3) is 0.438. The molecule has 1 aliphatic rings. The maximum atomic E-state index is 9.21. The van der Waals surface area contributed by atoms with E-state index in [2.05, 4.69) is 38.7 Å². The van der Waals surface area contributed by atoms with Gasteiger partial charge < -0.3 is 9.67 Å². The number of aliphatic hydroxyl groups excluding tert-OH is 1. The summed E-state index contributed by atoms with van der Waals surface area (Å²) in [5, 5.41) is 9.21. The van der Waals surface area contributed by atoms with E-state index < -0.39 is 0 Å². The van der Waals surface area contributed by atoms with Crippen LogP contribution in [0, 0.1) is 5.92 Å². The molecule has 20 heavy (non-hydrogen) atoms. The van der Waals surface area contributed by atoms with Gasteiger partial charge in [-0.2, -0.15) is 0 Å². The van der Waals surface area contributed by atoms with Crippen molar-refractivity contribution in [2.24, 2.45) is 5.92 Å². The molecule has 0 bridgehead atoms. The second-order valence-electron chi connectivity index (χ2n) is 5.53. The molecule has 3 rings (SSSR count). The fourth-order valence-corrected chi connectivity index (χ4v) is 2.82. The number of benzene rings is 1. The summed E-state index contributed by atoms with van der Waals surface area (Å²) in [6.45, 7) is 4.08. The van der Waals surface area contributed by atoms with Crippen LogP contribution in [0.3, 0.4) is 0 Å². The van der Waals surface area contributed by atoms with E-state index >= 15 is 0 Å². The topological polar surface area (TPSA) is 41.3 Å². The summed E-state index contributed by atoms with van der Waals surface area (Å²) in [5.74, 6) is 1.54. The van der Waals surface area contributed by atoms with Crippen molar-refractivity contribution in [3.05, 3.63) is 54.1 Å². The van der Waals surface area contributed by atoms with E-state index in [0.29, 0.717) is 12.5 Å². The van der Waals surface area contributed by atoms with Gasteiger partial charge in [-0.1, -0.05) is 30.3 Å². The second kappa shape index (κ2) is 6.20. The monoisotopic (exact) mass is 271 g/mol. The van der Waals surface area contributed by atoms with Crippen molar-refractivity contribution in [1.82, 2.24) is 14.5 Å². The van der Waals surface area contributed by atoms with Gasteiger partial charge in [0.25, 0.3) is 0 Å². The van der Waals surface area contributed by atoms with Crippen LogP contribution in [0.1, 0.15) is 17.8 Å². The first kappa shape index (κ1) is 13.3. The Kier molecular flexibility index (Phi) is 4.14. The summed E-state index contributed by atoms with van der Waals surface area (Å²) < 4.78 is 2.21. The summed E-state index contributed by atoms with van der Waals surface area (Å²) in [7, 11) is 0. The summed E-state index contributed by atoms with van der Waals surface area (Å²) in [4.78, 5) is 6.87. The molecule has 4 nitrogen and oxygen atoms in total. The van der Waals surface area contributed by atoms with E-state index in [-0.39, 0.29) is 0 Å². The average Bonchev–Trinajstić information content (AvgIpc) is 3.10. The first-order valence-corrected chi connectivity index (χ1v) is 7.22. The molecule has 0 aliphatic carbocycles. The molecule has 0 amide bonds. The Labute approximate surface area is 119 Å². The molecule has 2 aromatic rings. The van der Waals surface area contributed by atoms with E-state index in [1.807, 2.05) is 18.5 Å². The van der Waals surface area contributed by atoms with Crippen LogP contribution in [0.25, 0.3) is 0 Å². The molecule has 1 atom stereocenters. The maximum Gasteiger partial charge on any atom is 0.123 e. The van der Waals surface area contributed by atoms with Crippen molar-refractivity contribution in [3.8, 4) is 0 Å². The number of likely N-dealkylation sites (tertiary alicyclic amines) is 1. The number of rotatable bonds is 5. The Morgan fingerprint density at radius 3 is 2.80 bits per heavy atom. The van der Waals surface area contributed by atoms with Crippen LogP contribution >= 0.6 is 0 Å². The third-order valence-corrected chi connectivity index (χ3v) is 3.99. The minimum absolute atomic E-state index is 0.301. The second-order valence-corrected chi connectivity index (χ2v) is 5.53. The predicted molar refractivity (Wildman–Crippen MR) is 78.2 cm³/mol. The van der Waals surface area contributed by atoms with Crippen LogP contribution < -0.4 is 0 Å². The number of aliphatic hydroxyl groups is 1. The standard InChI is InChI=1S/C16H21N3O/c20-13-15-6-8-18(10-15)12-16-17-7-9-19(16)11-14-4-2-1-3-5-14/h1-5,7,9,15,20H,6,8,10-13H2. The summed E-state index contributed by atoms with van der Waals surface area (Å²) in [6.07, 6.45) is 5.01. The van der Waals surface area contributed by atoms with E-state index in [4.69, 9.17) is 0 Å². The lowest BCUT2D eigenvalue weighted by atomic mass is 10.1. The number of imidazole rings is 1. The molecule has 1 N–H and O–H groups in total. The Hall–Kier alpha value is -1.65. The van der Waals surface area contributed by atoms with Gasteiger partial charge >= 0.3 is 0 Å². The highest BCUT2D eigenvalue weighted by Gasteiger charge is 2.22. The molecule has 1 aliphatic heterocycles. The van der Waals surface area contributed by atoms with Crippen LogP contribution in [-0.4, -0.2) is 39.3 Å². The number of hydrogen-bond donors (Lipinski definition) is 1. The molecular weight excluding hydrogens is 250 g/mol. The van der Waals surface area contributed by atoms with Crippen molar-refractivity contribution in [2.75, 3.05) is 19.7 Å². The Morgan fingerprint density at radius 1 is 1.20 bits per heavy atom. The van der Waals surface area contributed by atoms with Gasteiger partial charge in [-0.15, -0.1) is 0 Å². The van der Waals surface area contributed by atoms with Crippen LogP contribution in [0.5, 0.6) is 0 Å². The fourth-order valence-electron chi connectivity index (χ4n) is 2.82. The van der Waals surface area contributed by atoms with Crippen molar-refractivity contribution < 1.29 is 5.11 Å². The smallest absolute Gasteiger partial charge is 0.123 e. The lowest BCUT2D eigenvalue weighted by Gasteiger charge is -2.16. The van der Waals surface area contributed by atoms with Crippen LogP contribution in [-0.2, 0) is 13.1 Å². The molecule has 0 radical (unpaired) electrons. The molecule has 0 spiro atoms. The predicted octanol–water partition coefficient (Wildman–Crippen LogP) is 1.75. The lowest BCUT2D eigenvalue weighted by molar-refractivity contribution is 0.218. The van der Waals surface area contributed by atoms with E-state index in [1.54, 1.807) is 0 Å². The van der Waals surface area contributed by atoms with E-state index in [1.165, 1.54) is 5.56 Å². The van der Waals surface area contributed by atoms with Crippen molar-refractivity contribution in [1.29, 1.82) is 0 Å². The van der Waals surface area contributed by atoms with Crippen LogP contribution in [0.2, 0.25) is 0 Å². The highest BCUT2D eigenvalue weighted by atomic mass is 16.3. The maximum absolute atomic E-state index is 9.21. The Morgan fingerprint density at radius 2 is 2.05 bits per heavy atom. The zero-order chi connectivity index (χ0) is 13.8. The third-order valence-electron chi connectivity index (χ3n) is 3.99. The molecule has 1 aromatic heterocycles. The summed E-state index contributed by atoms with van der Waals surface area (Å²) >= 11 is 0. The van der Waals surface area contributed by atoms with Crippen molar-refractivity contribution in [2.45, 2.75) is 19.5 Å². The van der Waals surface area contributed by atoms with Gasteiger partial charge in [-0.05, 0) is 24.4 Å². The minimum atomic E-state index is 0.301. The van der Waals surface area contributed by atoms with Crippen molar-refractivity contribution in [3.63, 3.8) is 0 Å². The molecule has 1 aromatic carbocycles. The zero-order valence-corrected chi connectivity index (χ0v) is 11.7. The van der Waals surface area contributed by atoms with Crippen molar-refractivity contribution >= 4 is 0 Å². The van der Waals surface area contributed by atoms with Gasteiger partial charge in [0.2, 0.25) is 0 Å². The van der Waals surface area contributed by atoms with E-state index in [0.717, 1.165) is 38.4 Å². The molecule has 0 saturated carbocycles. The highest BCUT2D eigenvalue weighted by Crippen LogP contribution is 2.18. The molecule has 106 valence electrons. The SMILES string of the molecule is OCC1CCN(Cc2nccn2Cc2ccccc2)C1. The Balaban J connectivity index is 1.65. The van der Waals surface area contributed by atoms with Crippen LogP contribution in [0.4, 0.5) is 0 Å². The number of hydrogen-bond acceptors (Lipinski definition) is 3. The van der Waals surface area contributed by atoms with Gasteiger partial charge in [-0.25, -0.2) is 4.98 Å². The van der Waals surface area contributed by atoms with E-state index in [9.17, 15) is 5.11 Å². The molecule has 1 saturated heterocycles. The number of aromatic nitrogens is 2. The highest BCUT2D eigenvalue weighted by molar-refractivity contribution is 5.15. The third kappa shape index (κ3) is 3.08. The van der Waals surface area contributed by atoms with Gasteiger partial charge in [0, 0.05) is 32.1 Å². The van der Waals surface area contributed by atoms with Gasteiger partial charge in [0.05, 0.1) is 6.54 Å². The largest absolute Gasteiger partial charge is 0.396 e. The first-order valence-electron chi connectivity index (χ1n) is 7.22. The average molecular weight is 271 g/mol. The zero-order valence-electron chi connectivity index (χ0n) is 11.7. The van der Waals surface area contributed by atoms with Gasteiger partial charge in [0.1, 0.15) is 5.82 Å². The quantitative estimate of drug-likeness (QED) is 0.900. The van der Waals surface area contributed by atoms with Gasteiger partial charge in [0.15, 0.2) is 0 Å².